The minimum absolute atomic E-state index is 0.224. The summed E-state index contributed by atoms with van der Waals surface area (Å²) in [5, 5.41) is 19.4. The van der Waals surface area contributed by atoms with E-state index in [4.69, 9.17) is 0 Å². The number of carboxylic acid groups (broad SMARTS) is 1. The van der Waals surface area contributed by atoms with E-state index in [9.17, 15) is 37.0 Å². The summed E-state index contributed by atoms with van der Waals surface area (Å²) >= 11 is 0. The maximum Gasteiger partial charge on any atom is 0.416 e. The average Bonchev–Trinajstić information content (AvgIpc) is 2.51. The summed E-state index contributed by atoms with van der Waals surface area (Å²) in [4.78, 5) is 11.4. The van der Waals surface area contributed by atoms with Crippen LogP contribution < -0.4 is 0 Å². The van der Waals surface area contributed by atoms with Crippen molar-refractivity contribution in [2.24, 2.45) is 5.92 Å². The third kappa shape index (κ3) is 4.54. The van der Waals surface area contributed by atoms with Gasteiger partial charge in [-0.2, -0.15) is 13.2 Å². The zero-order valence-electron chi connectivity index (χ0n) is 12.6. The van der Waals surface area contributed by atoms with Crippen LogP contribution in [0, 0.1) is 17.6 Å². The van der Waals surface area contributed by atoms with Gasteiger partial charge in [0.15, 0.2) is 0 Å². The van der Waals surface area contributed by atoms with Gasteiger partial charge in [-0.25, -0.2) is 8.78 Å². The van der Waals surface area contributed by atoms with Gasteiger partial charge in [-0.1, -0.05) is 18.2 Å². The smallest absolute Gasteiger partial charge is 0.416 e. The fraction of sp³-hybridized carbons (Fsp3) is 0.235. The molecule has 0 saturated carbocycles. The summed E-state index contributed by atoms with van der Waals surface area (Å²) in [7, 11) is 0. The predicted octanol–water partition coefficient (Wildman–Crippen LogP) is 3.96. The number of aliphatic hydroxyl groups excluding tert-OH is 1. The summed E-state index contributed by atoms with van der Waals surface area (Å²) in [5.74, 6) is -4.97. The summed E-state index contributed by atoms with van der Waals surface area (Å²) < 4.78 is 64.2. The van der Waals surface area contributed by atoms with Gasteiger partial charge in [-0.05, 0) is 30.2 Å². The van der Waals surface area contributed by atoms with Gasteiger partial charge in [0.25, 0.3) is 0 Å². The fourth-order valence-electron chi connectivity index (χ4n) is 2.38. The molecule has 0 aliphatic rings. The van der Waals surface area contributed by atoms with Crippen molar-refractivity contribution >= 4 is 5.97 Å². The predicted molar refractivity (Wildman–Crippen MR) is 77.6 cm³/mol. The van der Waals surface area contributed by atoms with Gasteiger partial charge in [0, 0.05) is 11.6 Å². The van der Waals surface area contributed by atoms with Gasteiger partial charge in [0.1, 0.15) is 11.6 Å². The van der Waals surface area contributed by atoms with Crippen molar-refractivity contribution in [1.82, 2.24) is 0 Å². The Kier molecular flexibility index (Phi) is 5.42. The van der Waals surface area contributed by atoms with Crippen molar-refractivity contribution in [2.75, 3.05) is 0 Å². The molecule has 2 unspecified atom stereocenters. The molecule has 0 heterocycles. The molecule has 0 bridgehead atoms. The maximum atomic E-state index is 13.7. The minimum atomic E-state index is -4.53. The lowest BCUT2D eigenvalue weighted by molar-refractivity contribution is -0.146. The summed E-state index contributed by atoms with van der Waals surface area (Å²) in [5.41, 5.74) is -1.07. The first-order valence-electron chi connectivity index (χ1n) is 7.11. The molecule has 2 aromatic carbocycles. The van der Waals surface area contributed by atoms with E-state index in [1.807, 2.05) is 0 Å². The molecule has 134 valence electrons. The normalized spacial score (nSPS) is 14.2. The summed E-state index contributed by atoms with van der Waals surface area (Å²) in [6.07, 6.45) is -6.65. The van der Waals surface area contributed by atoms with Gasteiger partial charge < -0.3 is 10.2 Å². The molecule has 0 amide bonds. The molecule has 0 radical (unpaired) electrons. The van der Waals surface area contributed by atoms with Crippen molar-refractivity contribution < 1.29 is 37.0 Å². The van der Waals surface area contributed by atoms with E-state index >= 15 is 0 Å². The maximum absolute atomic E-state index is 13.7. The van der Waals surface area contributed by atoms with Crippen molar-refractivity contribution in [3.05, 3.63) is 70.8 Å². The Bertz CT molecular complexity index is 756. The highest BCUT2D eigenvalue weighted by atomic mass is 19.4. The number of alkyl halides is 3. The van der Waals surface area contributed by atoms with E-state index in [0.717, 1.165) is 36.4 Å². The first kappa shape index (κ1) is 18.9. The van der Waals surface area contributed by atoms with Crippen molar-refractivity contribution in [2.45, 2.75) is 18.7 Å². The Morgan fingerprint density at radius 2 is 1.64 bits per heavy atom. The molecule has 2 N–H and O–H groups in total. The van der Waals surface area contributed by atoms with Crippen LogP contribution >= 0.6 is 0 Å². The standard InChI is InChI=1S/C17H13F5O3/c18-11-5-6-12(14(19)8-11)15(23)13(16(24)25)7-9-1-3-10(4-2-9)17(20,21)22/h1-6,8,13,15,23H,7H2,(H,24,25). The van der Waals surface area contributed by atoms with E-state index < -0.39 is 46.9 Å². The lowest BCUT2D eigenvalue weighted by Crippen LogP contribution is -2.25. The number of halogens is 5. The Labute approximate surface area is 139 Å². The number of hydrogen-bond donors (Lipinski definition) is 2. The average molecular weight is 360 g/mol. The molecular formula is C17H13F5O3. The molecule has 0 fully saturated rings. The lowest BCUT2D eigenvalue weighted by atomic mass is 9.89. The van der Waals surface area contributed by atoms with Gasteiger partial charge >= 0.3 is 12.1 Å². The van der Waals surface area contributed by atoms with E-state index in [-0.39, 0.29) is 12.0 Å². The Morgan fingerprint density at radius 1 is 1.04 bits per heavy atom. The number of aliphatic hydroxyl groups is 1. The molecule has 3 nitrogen and oxygen atoms in total. The van der Waals surface area contributed by atoms with E-state index in [2.05, 4.69) is 0 Å². The van der Waals surface area contributed by atoms with Crippen LogP contribution in [0.25, 0.3) is 0 Å². The molecule has 0 aromatic heterocycles. The molecular weight excluding hydrogens is 347 g/mol. The second-order valence-corrected chi connectivity index (χ2v) is 5.45. The molecule has 2 atom stereocenters. The molecule has 8 heteroatoms. The second kappa shape index (κ2) is 7.18. The van der Waals surface area contributed by atoms with Gasteiger partial charge in [0.05, 0.1) is 17.6 Å². The quantitative estimate of drug-likeness (QED) is 0.794. The summed E-state index contributed by atoms with van der Waals surface area (Å²) in [6.45, 7) is 0. The van der Waals surface area contributed by atoms with Gasteiger partial charge in [-0.15, -0.1) is 0 Å². The number of aliphatic carboxylic acids is 1. The first-order valence-corrected chi connectivity index (χ1v) is 7.11. The van der Waals surface area contributed by atoms with Gasteiger partial charge in [-0.3, -0.25) is 4.79 Å². The second-order valence-electron chi connectivity index (χ2n) is 5.45. The number of hydrogen-bond acceptors (Lipinski definition) is 2. The van der Waals surface area contributed by atoms with E-state index in [1.54, 1.807) is 0 Å². The Morgan fingerprint density at radius 3 is 2.12 bits per heavy atom. The zero-order valence-corrected chi connectivity index (χ0v) is 12.6. The van der Waals surface area contributed by atoms with Gasteiger partial charge in [0.2, 0.25) is 0 Å². The zero-order chi connectivity index (χ0) is 18.8. The largest absolute Gasteiger partial charge is 0.481 e. The minimum Gasteiger partial charge on any atom is -0.481 e. The summed E-state index contributed by atoms with van der Waals surface area (Å²) in [6, 6.07) is 6.07. The van der Waals surface area contributed by atoms with Crippen LogP contribution in [0.5, 0.6) is 0 Å². The third-order valence-electron chi connectivity index (χ3n) is 3.72. The molecule has 0 spiro atoms. The van der Waals surface area contributed by atoms with E-state index in [0.29, 0.717) is 6.07 Å². The number of rotatable bonds is 5. The van der Waals surface area contributed by atoms with E-state index in [1.165, 1.54) is 0 Å². The van der Waals surface area contributed by atoms with Crippen molar-refractivity contribution in [1.29, 1.82) is 0 Å². The number of carbonyl (C=O) groups is 1. The third-order valence-corrected chi connectivity index (χ3v) is 3.72. The highest BCUT2D eigenvalue weighted by molar-refractivity contribution is 5.71. The molecule has 25 heavy (non-hydrogen) atoms. The molecule has 0 aliphatic carbocycles. The lowest BCUT2D eigenvalue weighted by Gasteiger charge is -2.20. The van der Waals surface area contributed by atoms with Crippen LogP contribution in [-0.2, 0) is 17.4 Å². The highest BCUT2D eigenvalue weighted by Crippen LogP contribution is 2.31. The molecule has 2 aromatic rings. The Balaban J connectivity index is 2.25. The van der Waals surface area contributed by atoms with Crippen LogP contribution in [0.15, 0.2) is 42.5 Å². The monoisotopic (exact) mass is 360 g/mol. The molecule has 0 aliphatic heterocycles. The molecule has 2 rings (SSSR count). The molecule has 0 saturated heterocycles. The topological polar surface area (TPSA) is 57.5 Å². The van der Waals surface area contributed by atoms with Crippen LogP contribution in [0.2, 0.25) is 0 Å². The first-order chi connectivity index (χ1) is 11.6. The van der Waals surface area contributed by atoms with Crippen molar-refractivity contribution in [3.8, 4) is 0 Å². The Hall–Kier alpha value is -2.48. The SMILES string of the molecule is O=C(O)C(Cc1ccc(C(F)(F)F)cc1)C(O)c1ccc(F)cc1F. The fourth-order valence-corrected chi connectivity index (χ4v) is 2.38. The number of benzene rings is 2. The number of carboxylic acids is 1. The van der Waals surface area contributed by atoms with Crippen LogP contribution in [-0.4, -0.2) is 16.2 Å². The van der Waals surface area contributed by atoms with Crippen LogP contribution in [0.1, 0.15) is 22.8 Å². The van der Waals surface area contributed by atoms with Crippen molar-refractivity contribution in [3.63, 3.8) is 0 Å². The van der Waals surface area contributed by atoms with Crippen LogP contribution in [0.4, 0.5) is 22.0 Å². The highest BCUT2D eigenvalue weighted by Gasteiger charge is 2.32. The van der Waals surface area contributed by atoms with Crippen LogP contribution in [0.3, 0.4) is 0 Å².